The zero-order valence-electron chi connectivity index (χ0n) is 9.81. The van der Waals surface area contributed by atoms with E-state index in [1.165, 1.54) is 0 Å². The van der Waals surface area contributed by atoms with Crippen molar-refractivity contribution in [3.63, 3.8) is 0 Å². The molecule has 0 amide bonds. The molecule has 0 spiro atoms. The molecule has 0 aromatic heterocycles. The monoisotopic (exact) mass is 320 g/mol. The molecule has 0 nitrogen and oxygen atoms in total. The molecule has 3 rings (SSSR count). The Kier molecular flexibility index (Phi) is 2.79. The van der Waals surface area contributed by atoms with Crippen molar-refractivity contribution in [1.82, 2.24) is 0 Å². The van der Waals surface area contributed by atoms with Crippen LogP contribution in [-0.4, -0.2) is 9.75 Å². The van der Waals surface area contributed by atoms with Gasteiger partial charge < -0.3 is 0 Å². The van der Waals surface area contributed by atoms with Crippen LogP contribution in [0.5, 0.6) is 0 Å². The Bertz CT molecular complexity index is 538. The topological polar surface area (TPSA) is 0 Å². The first-order valence-electron chi connectivity index (χ1n) is 5.83. The summed E-state index contributed by atoms with van der Waals surface area (Å²) < 4.78 is 0. The molecule has 2 aliphatic carbocycles. The summed E-state index contributed by atoms with van der Waals surface area (Å²) in [6.07, 6.45) is 1.30. The van der Waals surface area contributed by atoms with Gasteiger partial charge in [0.25, 0.3) is 0 Å². The second-order valence-corrected chi connectivity index (χ2v) is 7.57. The van der Waals surface area contributed by atoms with Crippen LogP contribution in [0.1, 0.15) is 25.3 Å². The number of rotatable bonds is 1. The summed E-state index contributed by atoms with van der Waals surface area (Å²) in [5.41, 5.74) is 0.873. The molecular formula is C14H12Cl4. The van der Waals surface area contributed by atoms with Gasteiger partial charge in [0, 0.05) is 5.41 Å². The molecule has 1 saturated carbocycles. The third-order valence-electron chi connectivity index (χ3n) is 4.38. The highest BCUT2D eigenvalue weighted by atomic mass is 35.5. The molecule has 0 aliphatic heterocycles. The van der Waals surface area contributed by atoms with Crippen LogP contribution in [0.25, 0.3) is 0 Å². The van der Waals surface area contributed by atoms with Crippen LogP contribution >= 0.6 is 46.4 Å². The minimum absolute atomic E-state index is 0.285. The Morgan fingerprint density at radius 2 is 1.56 bits per heavy atom. The van der Waals surface area contributed by atoms with Gasteiger partial charge in [-0.05, 0) is 18.4 Å². The fourth-order valence-corrected chi connectivity index (χ4v) is 5.30. The summed E-state index contributed by atoms with van der Waals surface area (Å²) in [4.78, 5) is -1.29. The highest BCUT2D eigenvalue weighted by Crippen LogP contribution is 2.70. The van der Waals surface area contributed by atoms with Crippen LogP contribution in [0.4, 0.5) is 0 Å². The Labute approximate surface area is 127 Å². The van der Waals surface area contributed by atoms with E-state index in [1.54, 1.807) is 0 Å². The summed E-state index contributed by atoms with van der Waals surface area (Å²) in [6.45, 7) is 2.12. The Morgan fingerprint density at radius 1 is 0.944 bits per heavy atom. The van der Waals surface area contributed by atoms with E-state index in [0.29, 0.717) is 22.9 Å². The molecular weight excluding hydrogens is 310 g/mol. The van der Waals surface area contributed by atoms with Crippen molar-refractivity contribution in [2.24, 2.45) is 0 Å². The number of allylic oxidation sites excluding steroid dienone is 2. The van der Waals surface area contributed by atoms with Crippen molar-refractivity contribution < 1.29 is 0 Å². The molecule has 18 heavy (non-hydrogen) atoms. The molecule has 1 aromatic carbocycles. The van der Waals surface area contributed by atoms with Gasteiger partial charge in [0.1, 0.15) is 0 Å². The van der Waals surface area contributed by atoms with Crippen molar-refractivity contribution in [2.45, 2.75) is 34.9 Å². The van der Waals surface area contributed by atoms with Gasteiger partial charge in [0.15, 0.2) is 0 Å². The lowest BCUT2D eigenvalue weighted by atomic mass is 9.71. The highest BCUT2D eigenvalue weighted by molar-refractivity contribution is 6.51. The molecule has 2 bridgehead atoms. The zero-order valence-corrected chi connectivity index (χ0v) is 12.8. The second kappa shape index (κ2) is 3.82. The van der Waals surface area contributed by atoms with E-state index in [2.05, 4.69) is 19.1 Å². The lowest BCUT2D eigenvalue weighted by Gasteiger charge is -2.41. The Morgan fingerprint density at radius 3 is 2.06 bits per heavy atom. The summed E-state index contributed by atoms with van der Waals surface area (Å²) in [6, 6.07) is 10.1. The smallest absolute Gasteiger partial charge is 0.0927 e. The lowest BCUT2D eigenvalue weighted by Crippen LogP contribution is -2.42. The predicted molar refractivity (Wildman–Crippen MR) is 78.9 cm³/mol. The Hall–Kier alpha value is 0.120. The maximum atomic E-state index is 6.81. The molecule has 3 unspecified atom stereocenters. The maximum Gasteiger partial charge on any atom is 0.0927 e. The van der Waals surface area contributed by atoms with Crippen molar-refractivity contribution in [3.05, 3.63) is 46.0 Å². The van der Waals surface area contributed by atoms with Crippen LogP contribution in [0.15, 0.2) is 40.4 Å². The summed E-state index contributed by atoms with van der Waals surface area (Å²) >= 11 is 26.0. The summed E-state index contributed by atoms with van der Waals surface area (Å²) in [5.74, 6) is 0. The molecule has 96 valence electrons. The number of benzene rings is 1. The van der Waals surface area contributed by atoms with E-state index in [-0.39, 0.29) is 5.41 Å². The predicted octanol–water partition coefficient (Wildman–Crippen LogP) is 5.40. The third-order valence-corrected chi connectivity index (χ3v) is 6.93. The van der Waals surface area contributed by atoms with Crippen molar-refractivity contribution >= 4 is 46.4 Å². The summed E-state index contributed by atoms with van der Waals surface area (Å²) in [5, 5.41) is 1.03. The van der Waals surface area contributed by atoms with E-state index >= 15 is 0 Å². The van der Waals surface area contributed by atoms with Crippen LogP contribution in [0, 0.1) is 0 Å². The average molecular weight is 322 g/mol. The number of hydrogen-bond donors (Lipinski definition) is 0. The van der Waals surface area contributed by atoms with Crippen molar-refractivity contribution in [3.8, 4) is 0 Å². The number of hydrogen-bond acceptors (Lipinski definition) is 0. The van der Waals surface area contributed by atoms with Gasteiger partial charge in [0.2, 0.25) is 0 Å². The molecule has 0 heterocycles. The zero-order chi connectivity index (χ0) is 13.2. The molecule has 0 radical (unpaired) electrons. The van der Waals surface area contributed by atoms with Gasteiger partial charge >= 0.3 is 0 Å². The number of fused-ring (bicyclic) bond motifs is 2. The average Bonchev–Trinajstić information content (AvgIpc) is 2.67. The SMILES string of the molecule is CC1(c2ccccc2)CC2(Cl)CC1(Cl)C(Cl)=C2Cl. The standard InChI is InChI=1S/C14H12Cl4/c1-12(9-5-3-2-4-6-9)7-13(17)8-14(12,18)11(16)10(13)15/h2-6H,7-8H2,1H3. The molecule has 3 atom stereocenters. The largest absolute Gasteiger partial charge is 0.113 e. The molecule has 0 saturated heterocycles. The fraction of sp³-hybridized carbons (Fsp3) is 0.429. The first-order valence-corrected chi connectivity index (χ1v) is 7.34. The summed E-state index contributed by atoms with van der Waals surface area (Å²) in [7, 11) is 0. The van der Waals surface area contributed by atoms with E-state index in [0.717, 1.165) is 5.56 Å². The van der Waals surface area contributed by atoms with Gasteiger partial charge in [-0.25, -0.2) is 0 Å². The van der Waals surface area contributed by atoms with Crippen LogP contribution in [-0.2, 0) is 5.41 Å². The Balaban J connectivity index is 2.19. The van der Waals surface area contributed by atoms with E-state index in [1.807, 2.05) is 18.2 Å². The quantitative estimate of drug-likeness (QED) is 0.608. The van der Waals surface area contributed by atoms with Crippen molar-refractivity contribution in [1.29, 1.82) is 0 Å². The minimum atomic E-state index is -0.686. The van der Waals surface area contributed by atoms with Gasteiger partial charge in [0.05, 0.1) is 19.8 Å². The van der Waals surface area contributed by atoms with Gasteiger partial charge in [-0.3, -0.25) is 0 Å². The normalized spacial score (nSPS) is 42.7. The van der Waals surface area contributed by atoms with Crippen LogP contribution in [0.2, 0.25) is 0 Å². The molecule has 0 N–H and O–H groups in total. The lowest BCUT2D eigenvalue weighted by molar-refractivity contribution is 0.415. The maximum absolute atomic E-state index is 6.81. The van der Waals surface area contributed by atoms with Gasteiger partial charge in [-0.15, -0.1) is 23.2 Å². The molecule has 4 heteroatoms. The van der Waals surface area contributed by atoms with E-state index < -0.39 is 9.75 Å². The fourth-order valence-electron chi connectivity index (χ4n) is 3.33. The molecule has 1 aromatic rings. The van der Waals surface area contributed by atoms with Crippen LogP contribution < -0.4 is 0 Å². The van der Waals surface area contributed by atoms with Gasteiger partial charge in [-0.2, -0.15) is 0 Å². The number of alkyl halides is 2. The first-order chi connectivity index (χ1) is 8.33. The molecule has 1 fully saturated rings. The van der Waals surface area contributed by atoms with Gasteiger partial charge in [-0.1, -0.05) is 60.5 Å². The number of halogens is 4. The third kappa shape index (κ3) is 1.41. The van der Waals surface area contributed by atoms with Crippen molar-refractivity contribution in [2.75, 3.05) is 0 Å². The minimum Gasteiger partial charge on any atom is -0.113 e. The second-order valence-electron chi connectivity index (χ2n) is 5.45. The first kappa shape index (κ1) is 13.1. The van der Waals surface area contributed by atoms with Crippen LogP contribution in [0.3, 0.4) is 0 Å². The van der Waals surface area contributed by atoms with E-state index in [9.17, 15) is 0 Å². The highest BCUT2D eigenvalue weighted by Gasteiger charge is 2.68. The van der Waals surface area contributed by atoms with E-state index in [4.69, 9.17) is 46.4 Å². The molecule has 2 aliphatic rings.